The van der Waals surface area contributed by atoms with Crippen LogP contribution in [0.5, 0.6) is 11.5 Å². The molecule has 1 fully saturated rings. The number of carboxylic acid groups (broad SMARTS) is 1. The first-order valence-corrected chi connectivity index (χ1v) is 8.31. The minimum atomic E-state index is -1.14. The Morgan fingerprint density at radius 3 is 2.25 bits per heavy atom. The van der Waals surface area contributed by atoms with Gasteiger partial charge in [0.1, 0.15) is 23.2 Å². The van der Waals surface area contributed by atoms with Gasteiger partial charge in [-0.15, -0.1) is 0 Å². The minimum Gasteiger partial charge on any atom is -0.477 e. The van der Waals surface area contributed by atoms with Crippen LogP contribution in [0.15, 0.2) is 35.5 Å². The first-order chi connectivity index (χ1) is 11.3. The first kappa shape index (κ1) is 18.0. The van der Waals surface area contributed by atoms with E-state index >= 15 is 0 Å². The highest BCUT2D eigenvalue weighted by molar-refractivity contribution is 9.09. The highest BCUT2D eigenvalue weighted by atomic mass is 79.9. The number of β-lactam (4-membered cyclic amide) rings is 1. The van der Waals surface area contributed by atoms with Crippen LogP contribution in [0.4, 0.5) is 0 Å². The Morgan fingerprint density at radius 1 is 1.38 bits per heavy atom. The number of hydrogen-bond acceptors (Lipinski definition) is 4. The Morgan fingerprint density at radius 2 is 1.96 bits per heavy atom. The maximum atomic E-state index is 11.7. The van der Waals surface area contributed by atoms with Gasteiger partial charge in [-0.2, -0.15) is 0 Å². The molecule has 2 bridgehead atoms. The van der Waals surface area contributed by atoms with Crippen LogP contribution in [0.3, 0.4) is 0 Å². The summed E-state index contributed by atoms with van der Waals surface area (Å²) in [6.07, 6.45) is 0. The van der Waals surface area contributed by atoms with Gasteiger partial charge in [0.05, 0.1) is 6.54 Å². The number of hydrogen-bond donors (Lipinski definition) is 2. The fourth-order valence-corrected chi connectivity index (χ4v) is 2.52. The fraction of sp³-hybridized carbons (Fsp3) is 0.312. The van der Waals surface area contributed by atoms with Crippen molar-refractivity contribution in [2.45, 2.75) is 19.9 Å². The number of nitrogens with one attached hydrogen (secondary N) is 1. The van der Waals surface area contributed by atoms with Gasteiger partial charge >= 0.3 is 5.97 Å². The number of rotatable bonds is 4. The van der Waals surface area contributed by atoms with E-state index in [9.17, 15) is 14.4 Å². The van der Waals surface area contributed by atoms with Crippen molar-refractivity contribution in [3.05, 3.63) is 35.5 Å². The first-order valence-electron chi connectivity index (χ1n) is 7.19. The lowest BCUT2D eigenvalue weighted by Gasteiger charge is -2.39. The molecule has 1 atom stereocenters. The topological polar surface area (TPSA) is 95.9 Å². The smallest absolute Gasteiger partial charge is 0.352 e. The molecule has 128 valence electrons. The summed E-state index contributed by atoms with van der Waals surface area (Å²) in [5.41, 5.74) is 0.542. The molecule has 0 aromatic heterocycles. The van der Waals surface area contributed by atoms with Crippen LogP contribution in [0.25, 0.3) is 0 Å². The predicted octanol–water partition coefficient (Wildman–Crippen LogP) is 1.88. The van der Waals surface area contributed by atoms with Crippen molar-refractivity contribution < 1.29 is 24.2 Å². The molecule has 8 heteroatoms. The zero-order valence-electron chi connectivity index (χ0n) is 13.2. The number of carbonyl (C=O) groups is 3. The number of carboxylic acids is 1. The lowest BCUT2D eigenvalue weighted by atomic mass is 10.0. The Bertz CT molecular complexity index is 691. The molecule has 2 amide bonds. The molecule has 3 aliphatic heterocycles. The van der Waals surface area contributed by atoms with E-state index in [-0.39, 0.29) is 18.1 Å². The summed E-state index contributed by atoms with van der Waals surface area (Å²) >= 11 is 3.15. The standard InChI is InChI=1S/C10H13BrN2O4.C6H4O/c1-5(3-11)8(10(16)17)13-4-7(9(13)15)12-6(2)14;1-2-5-4-6(3-1)7-5/h7H,3-4H2,1-2H3,(H,12,14)(H,16,17);1-4H. The maximum absolute atomic E-state index is 11.7. The molecule has 0 aliphatic carbocycles. The third kappa shape index (κ3) is 3.94. The summed E-state index contributed by atoms with van der Waals surface area (Å²) in [5.74, 6) is 0.130. The molecule has 1 aromatic carbocycles. The Balaban J connectivity index is 0.000000242. The van der Waals surface area contributed by atoms with Gasteiger partial charge in [-0.3, -0.25) is 9.59 Å². The molecule has 0 saturated carbocycles. The van der Waals surface area contributed by atoms with Gasteiger partial charge in [0.2, 0.25) is 5.91 Å². The van der Waals surface area contributed by atoms with Crippen molar-refractivity contribution >= 4 is 33.7 Å². The van der Waals surface area contributed by atoms with E-state index in [0.717, 1.165) is 11.5 Å². The Labute approximate surface area is 147 Å². The molecule has 1 aromatic rings. The van der Waals surface area contributed by atoms with Gasteiger partial charge in [0.15, 0.2) is 0 Å². The third-order valence-corrected chi connectivity index (χ3v) is 4.27. The second kappa shape index (κ2) is 7.48. The molecule has 2 N–H and O–H groups in total. The number of benzene rings is 1. The third-order valence-electron chi connectivity index (χ3n) is 3.43. The van der Waals surface area contributed by atoms with E-state index in [2.05, 4.69) is 21.2 Å². The summed E-state index contributed by atoms with van der Waals surface area (Å²) in [7, 11) is 0. The summed E-state index contributed by atoms with van der Waals surface area (Å²) in [5, 5.41) is 11.9. The lowest BCUT2D eigenvalue weighted by molar-refractivity contribution is -0.148. The van der Waals surface area contributed by atoms with Gasteiger partial charge in [0, 0.05) is 18.3 Å². The SMILES string of the molecule is CC(=O)NC1CN(C(C(=O)O)=C(C)CBr)C1=O.c1cc2cc(c1)O2. The average Bonchev–Trinajstić information content (AvgIpc) is 2.53. The predicted molar refractivity (Wildman–Crippen MR) is 90.0 cm³/mol. The lowest BCUT2D eigenvalue weighted by Crippen LogP contribution is -2.63. The second-order valence-corrected chi connectivity index (χ2v) is 5.91. The van der Waals surface area contributed by atoms with E-state index < -0.39 is 17.9 Å². The van der Waals surface area contributed by atoms with Crippen molar-refractivity contribution in [2.75, 3.05) is 11.9 Å². The summed E-state index contributed by atoms with van der Waals surface area (Å²) in [6.45, 7) is 3.15. The molecular formula is C16H17BrN2O5. The molecule has 0 radical (unpaired) electrons. The van der Waals surface area contributed by atoms with Crippen molar-refractivity contribution in [1.82, 2.24) is 10.2 Å². The minimum absolute atomic E-state index is 0.0199. The highest BCUT2D eigenvalue weighted by Crippen LogP contribution is 2.32. The van der Waals surface area contributed by atoms with Crippen LogP contribution >= 0.6 is 15.9 Å². The van der Waals surface area contributed by atoms with Gasteiger partial charge in [-0.1, -0.05) is 22.0 Å². The van der Waals surface area contributed by atoms with Gasteiger partial charge in [-0.05, 0) is 24.6 Å². The molecule has 1 saturated heterocycles. The zero-order chi connectivity index (χ0) is 17.9. The Hall–Kier alpha value is -2.35. The van der Waals surface area contributed by atoms with Crippen LogP contribution in [-0.4, -0.2) is 45.7 Å². The number of alkyl halides is 1. The van der Waals surface area contributed by atoms with E-state index in [4.69, 9.17) is 9.84 Å². The molecule has 4 rings (SSSR count). The molecule has 24 heavy (non-hydrogen) atoms. The normalized spacial score (nSPS) is 18.0. The summed E-state index contributed by atoms with van der Waals surface area (Å²) in [6, 6.07) is 7.25. The number of carbonyl (C=O) groups excluding carboxylic acids is 2. The van der Waals surface area contributed by atoms with Crippen molar-refractivity contribution in [1.29, 1.82) is 0 Å². The highest BCUT2D eigenvalue weighted by Gasteiger charge is 2.41. The fourth-order valence-electron chi connectivity index (χ4n) is 2.25. The molecular weight excluding hydrogens is 380 g/mol. The van der Waals surface area contributed by atoms with Crippen LogP contribution in [0, 0.1) is 0 Å². The Kier molecular flexibility index (Phi) is 5.61. The van der Waals surface area contributed by atoms with E-state index in [1.54, 1.807) is 6.92 Å². The number of nitrogens with zero attached hydrogens (tertiary/aromatic N) is 1. The molecule has 3 aliphatic rings. The number of fused-ring (bicyclic) bond motifs is 2. The van der Waals surface area contributed by atoms with Crippen LogP contribution in [0.1, 0.15) is 13.8 Å². The van der Waals surface area contributed by atoms with Gasteiger partial charge < -0.3 is 20.1 Å². The number of aliphatic carboxylic acids is 1. The van der Waals surface area contributed by atoms with Crippen molar-refractivity contribution in [3.8, 4) is 11.5 Å². The van der Waals surface area contributed by atoms with Crippen LogP contribution < -0.4 is 10.1 Å². The largest absolute Gasteiger partial charge is 0.477 e. The quantitative estimate of drug-likeness (QED) is 0.467. The number of halogens is 1. The monoisotopic (exact) mass is 396 g/mol. The zero-order valence-corrected chi connectivity index (χ0v) is 14.8. The van der Waals surface area contributed by atoms with E-state index in [1.165, 1.54) is 11.8 Å². The second-order valence-electron chi connectivity index (χ2n) is 5.35. The average molecular weight is 397 g/mol. The van der Waals surface area contributed by atoms with Crippen molar-refractivity contribution in [3.63, 3.8) is 0 Å². The summed E-state index contributed by atoms with van der Waals surface area (Å²) < 4.78 is 5.01. The number of likely N-dealkylation sites (tertiary alicyclic amines) is 1. The van der Waals surface area contributed by atoms with Gasteiger partial charge in [0.25, 0.3) is 5.91 Å². The number of allylic oxidation sites excluding steroid dienone is 1. The number of ether oxygens (including phenoxy) is 1. The number of amides is 2. The van der Waals surface area contributed by atoms with Gasteiger partial charge in [-0.25, -0.2) is 4.79 Å². The van der Waals surface area contributed by atoms with E-state index in [0.29, 0.717) is 10.9 Å². The van der Waals surface area contributed by atoms with Crippen LogP contribution in [0.2, 0.25) is 0 Å². The van der Waals surface area contributed by atoms with E-state index in [1.807, 2.05) is 24.3 Å². The summed E-state index contributed by atoms with van der Waals surface area (Å²) in [4.78, 5) is 34.7. The van der Waals surface area contributed by atoms with Crippen molar-refractivity contribution in [2.24, 2.45) is 0 Å². The molecule has 1 unspecified atom stereocenters. The molecule has 0 spiro atoms. The maximum Gasteiger partial charge on any atom is 0.352 e. The van der Waals surface area contributed by atoms with Crippen LogP contribution in [-0.2, 0) is 14.4 Å². The molecule has 7 nitrogen and oxygen atoms in total. The molecule has 3 heterocycles.